The van der Waals surface area contributed by atoms with Crippen LogP contribution in [-0.2, 0) is 9.53 Å². The summed E-state index contributed by atoms with van der Waals surface area (Å²) in [5.74, 6) is -0.464. The van der Waals surface area contributed by atoms with Crippen LogP contribution in [0.15, 0.2) is 12.7 Å². The van der Waals surface area contributed by atoms with Gasteiger partial charge in [0, 0.05) is 6.54 Å². The van der Waals surface area contributed by atoms with E-state index in [2.05, 4.69) is 11.9 Å². The average Bonchev–Trinajstić information content (AvgIpc) is 2.20. The van der Waals surface area contributed by atoms with Crippen molar-refractivity contribution in [2.75, 3.05) is 13.2 Å². The first-order valence-corrected chi connectivity index (χ1v) is 4.64. The highest BCUT2D eigenvalue weighted by Gasteiger charge is 2.13. The molecule has 5 N–H and O–H groups in total. The molecule has 0 aliphatic carbocycles. The van der Waals surface area contributed by atoms with E-state index in [4.69, 9.17) is 16.2 Å². The zero-order chi connectivity index (χ0) is 11.7. The molecule has 0 aliphatic heterocycles. The summed E-state index contributed by atoms with van der Waals surface area (Å²) in [6, 6.07) is -1.25. The summed E-state index contributed by atoms with van der Waals surface area (Å²) in [7, 11) is 0. The SMILES string of the molecule is C=CCOC(=O)C(N)CCCNC(N)=O. The summed E-state index contributed by atoms with van der Waals surface area (Å²) in [4.78, 5) is 21.4. The number of ether oxygens (including phenoxy) is 1. The monoisotopic (exact) mass is 215 g/mol. The number of carbonyl (C=O) groups is 2. The maximum Gasteiger partial charge on any atom is 0.323 e. The van der Waals surface area contributed by atoms with Gasteiger partial charge < -0.3 is 21.5 Å². The van der Waals surface area contributed by atoms with E-state index in [9.17, 15) is 9.59 Å². The number of carbonyl (C=O) groups excluding carboxylic acids is 2. The topological polar surface area (TPSA) is 107 Å². The molecule has 6 heteroatoms. The Hall–Kier alpha value is -1.56. The molecule has 2 amide bonds. The van der Waals surface area contributed by atoms with Crippen LogP contribution in [0.25, 0.3) is 0 Å². The van der Waals surface area contributed by atoms with Crippen molar-refractivity contribution in [3.8, 4) is 0 Å². The Bertz CT molecular complexity index is 231. The molecule has 0 heterocycles. The molecule has 0 aromatic carbocycles. The van der Waals surface area contributed by atoms with E-state index in [0.717, 1.165) is 0 Å². The van der Waals surface area contributed by atoms with Crippen LogP contribution >= 0.6 is 0 Å². The van der Waals surface area contributed by atoms with Crippen molar-refractivity contribution in [1.82, 2.24) is 5.32 Å². The van der Waals surface area contributed by atoms with Gasteiger partial charge in [-0.1, -0.05) is 12.7 Å². The van der Waals surface area contributed by atoms with Gasteiger partial charge in [-0.15, -0.1) is 0 Å². The Morgan fingerprint density at radius 1 is 1.53 bits per heavy atom. The summed E-state index contributed by atoms with van der Waals surface area (Å²) in [6.45, 7) is 3.97. The van der Waals surface area contributed by atoms with Crippen LogP contribution in [0.1, 0.15) is 12.8 Å². The van der Waals surface area contributed by atoms with Crippen molar-refractivity contribution >= 4 is 12.0 Å². The Kier molecular flexibility index (Phi) is 7.00. The van der Waals surface area contributed by atoms with Gasteiger partial charge in [-0.05, 0) is 12.8 Å². The highest BCUT2D eigenvalue weighted by molar-refractivity contribution is 5.75. The zero-order valence-corrected chi connectivity index (χ0v) is 8.57. The van der Waals surface area contributed by atoms with Crippen molar-refractivity contribution in [3.05, 3.63) is 12.7 Å². The molecule has 0 saturated carbocycles. The molecule has 0 bridgehead atoms. The van der Waals surface area contributed by atoms with Crippen LogP contribution in [0.3, 0.4) is 0 Å². The molecular weight excluding hydrogens is 198 g/mol. The van der Waals surface area contributed by atoms with Crippen LogP contribution in [0.5, 0.6) is 0 Å². The maximum atomic E-state index is 11.1. The molecule has 0 radical (unpaired) electrons. The molecule has 1 atom stereocenters. The number of nitrogens with two attached hydrogens (primary N) is 2. The number of rotatable bonds is 7. The van der Waals surface area contributed by atoms with E-state index in [1.54, 1.807) is 0 Å². The fourth-order valence-corrected chi connectivity index (χ4v) is 0.900. The Morgan fingerprint density at radius 3 is 2.73 bits per heavy atom. The molecule has 0 aromatic rings. The van der Waals surface area contributed by atoms with Crippen molar-refractivity contribution in [2.45, 2.75) is 18.9 Å². The van der Waals surface area contributed by atoms with Crippen molar-refractivity contribution in [3.63, 3.8) is 0 Å². The third kappa shape index (κ3) is 7.51. The summed E-state index contributed by atoms with van der Waals surface area (Å²) >= 11 is 0. The van der Waals surface area contributed by atoms with E-state index in [1.807, 2.05) is 0 Å². The van der Waals surface area contributed by atoms with E-state index < -0.39 is 18.0 Å². The lowest BCUT2D eigenvalue weighted by atomic mass is 10.2. The largest absolute Gasteiger partial charge is 0.460 e. The first-order valence-electron chi connectivity index (χ1n) is 4.64. The van der Waals surface area contributed by atoms with Crippen molar-refractivity contribution in [2.24, 2.45) is 11.5 Å². The average molecular weight is 215 g/mol. The maximum absolute atomic E-state index is 11.1. The number of esters is 1. The fraction of sp³-hybridized carbons (Fsp3) is 0.556. The van der Waals surface area contributed by atoms with Gasteiger partial charge in [-0.3, -0.25) is 4.79 Å². The van der Waals surface area contributed by atoms with Gasteiger partial charge in [-0.2, -0.15) is 0 Å². The minimum Gasteiger partial charge on any atom is -0.460 e. The highest BCUT2D eigenvalue weighted by Crippen LogP contribution is 1.96. The van der Waals surface area contributed by atoms with Gasteiger partial charge in [-0.25, -0.2) is 4.79 Å². The summed E-state index contributed by atoms with van der Waals surface area (Å²) in [5.41, 5.74) is 10.4. The number of urea groups is 1. The molecule has 86 valence electrons. The van der Waals surface area contributed by atoms with E-state index in [-0.39, 0.29) is 6.61 Å². The van der Waals surface area contributed by atoms with E-state index in [0.29, 0.717) is 19.4 Å². The third-order valence-electron chi connectivity index (χ3n) is 1.64. The number of hydrogen-bond donors (Lipinski definition) is 3. The van der Waals surface area contributed by atoms with Gasteiger partial charge in [0.25, 0.3) is 0 Å². The quantitative estimate of drug-likeness (QED) is 0.302. The Balaban J connectivity index is 3.54. The van der Waals surface area contributed by atoms with Gasteiger partial charge in [0.05, 0.1) is 0 Å². The number of hydrogen-bond acceptors (Lipinski definition) is 4. The Labute approximate surface area is 88.6 Å². The number of nitrogens with one attached hydrogen (secondary N) is 1. The van der Waals surface area contributed by atoms with E-state index >= 15 is 0 Å². The second-order valence-electron chi connectivity index (χ2n) is 2.96. The molecule has 0 aliphatic rings. The van der Waals surface area contributed by atoms with Gasteiger partial charge in [0.15, 0.2) is 0 Å². The third-order valence-corrected chi connectivity index (χ3v) is 1.64. The summed E-state index contributed by atoms with van der Waals surface area (Å²) in [5, 5.41) is 2.40. The normalized spacial score (nSPS) is 11.5. The number of primary amides is 1. The van der Waals surface area contributed by atoms with Crippen LogP contribution in [0, 0.1) is 0 Å². The summed E-state index contributed by atoms with van der Waals surface area (Å²) < 4.78 is 4.74. The molecule has 0 saturated heterocycles. The van der Waals surface area contributed by atoms with Crippen molar-refractivity contribution in [1.29, 1.82) is 0 Å². The van der Waals surface area contributed by atoms with Gasteiger partial charge in [0.2, 0.25) is 0 Å². The smallest absolute Gasteiger partial charge is 0.323 e. The predicted octanol–water partition coefficient (Wildman–Crippen LogP) is -0.509. The standard InChI is InChI=1S/C9H17N3O3/c1-2-6-15-8(13)7(10)4-3-5-12-9(11)14/h2,7H,1,3-6,10H2,(H3,11,12,14). The highest BCUT2D eigenvalue weighted by atomic mass is 16.5. The second-order valence-corrected chi connectivity index (χ2v) is 2.96. The van der Waals surface area contributed by atoms with Gasteiger partial charge >= 0.3 is 12.0 Å². The summed E-state index contributed by atoms with van der Waals surface area (Å²) in [6.07, 6.45) is 2.49. The molecule has 0 rings (SSSR count). The lowest BCUT2D eigenvalue weighted by Gasteiger charge is -2.10. The van der Waals surface area contributed by atoms with Crippen molar-refractivity contribution < 1.29 is 14.3 Å². The number of amides is 2. The molecular formula is C9H17N3O3. The molecule has 1 unspecified atom stereocenters. The Morgan fingerprint density at radius 2 is 2.20 bits per heavy atom. The second kappa shape index (κ2) is 7.81. The first kappa shape index (κ1) is 13.4. The van der Waals surface area contributed by atoms with E-state index in [1.165, 1.54) is 6.08 Å². The predicted molar refractivity (Wildman–Crippen MR) is 56.0 cm³/mol. The van der Waals surface area contributed by atoms with Crippen LogP contribution in [0.4, 0.5) is 4.79 Å². The first-order chi connectivity index (χ1) is 7.07. The minimum absolute atomic E-state index is 0.159. The minimum atomic E-state index is -0.667. The van der Waals surface area contributed by atoms with Crippen LogP contribution in [0.2, 0.25) is 0 Å². The molecule has 15 heavy (non-hydrogen) atoms. The molecule has 6 nitrogen and oxygen atoms in total. The fourth-order valence-electron chi connectivity index (χ4n) is 0.900. The van der Waals surface area contributed by atoms with Crippen LogP contribution in [-0.4, -0.2) is 31.2 Å². The zero-order valence-electron chi connectivity index (χ0n) is 8.57. The molecule has 0 aromatic heterocycles. The lowest BCUT2D eigenvalue weighted by molar-refractivity contribution is -0.144. The van der Waals surface area contributed by atoms with Gasteiger partial charge in [0.1, 0.15) is 12.6 Å². The van der Waals surface area contributed by atoms with Crippen LogP contribution < -0.4 is 16.8 Å². The molecule has 0 fully saturated rings. The molecule has 0 spiro atoms. The lowest BCUT2D eigenvalue weighted by Crippen LogP contribution is -2.34.